The van der Waals surface area contributed by atoms with Gasteiger partial charge in [-0.3, -0.25) is 0 Å². The van der Waals surface area contributed by atoms with Gasteiger partial charge in [0.2, 0.25) is 0 Å². The van der Waals surface area contributed by atoms with Crippen molar-refractivity contribution in [2.75, 3.05) is 26.7 Å². The number of carbonyl (C=O) groups excluding carboxylic acids is 1. The second kappa shape index (κ2) is 10.7. The first kappa shape index (κ1) is 24.5. The van der Waals surface area contributed by atoms with Gasteiger partial charge in [0.15, 0.2) is 0 Å². The summed E-state index contributed by atoms with van der Waals surface area (Å²) < 4.78 is 4.67. The fourth-order valence-corrected chi connectivity index (χ4v) is 5.29. The number of ether oxygens (including phenoxy) is 1. The normalized spacial score (nSPS) is 17.8. The van der Waals surface area contributed by atoms with E-state index in [9.17, 15) is 9.90 Å². The minimum Gasteiger partial charge on any atom is -0.453 e. The predicted octanol–water partition coefficient (Wildman–Crippen LogP) is 5.19. The lowest BCUT2D eigenvalue weighted by Crippen LogP contribution is -2.45. The van der Waals surface area contributed by atoms with Crippen molar-refractivity contribution in [2.24, 2.45) is 5.92 Å². The van der Waals surface area contributed by atoms with Gasteiger partial charge in [0, 0.05) is 30.0 Å². The molecule has 0 saturated carbocycles. The number of rotatable bonds is 7. The molecule has 1 saturated heterocycles. The molecule has 2 unspecified atom stereocenters. The number of pyridine rings is 1. The van der Waals surface area contributed by atoms with E-state index in [0.717, 1.165) is 59.2 Å². The Hall–Kier alpha value is -2.67. The van der Waals surface area contributed by atoms with Crippen molar-refractivity contribution in [3.05, 3.63) is 64.7 Å². The lowest BCUT2D eigenvalue weighted by molar-refractivity contribution is -0.0416. The summed E-state index contributed by atoms with van der Waals surface area (Å²) in [5.74, 6) is 0.0128. The van der Waals surface area contributed by atoms with E-state index in [1.807, 2.05) is 49.4 Å². The van der Waals surface area contributed by atoms with Crippen molar-refractivity contribution >= 4 is 28.6 Å². The van der Waals surface area contributed by atoms with Crippen molar-refractivity contribution in [1.82, 2.24) is 15.6 Å². The minimum atomic E-state index is -1.13. The number of nitrogens with zero attached hydrogens (tertiary/aromatic N) is 1. The van der Waals surface area contributed by atoms with E-state index in [2.05, 4.69) is 21.4 Å². The Labute approximate surface area is 205 Å². The predicted molar refractivity (Wildman–Crippen MR) is 136 cm³/mol. The summed E-state index contributed by atoms with van der Waals surface area (Å²) in [5.41, 5.74) is 3.19. The van der Waals surface area contributed by atoms with Gasteiger partial charge in [-0.05, 0) is 62.4 Å². The third-order valence-corrected chi connectivity index (χ3v) is 7.13. The molecule has 2 heterocycles. The third-order valence-electron chi connectivity index (χ3n) is 6.82. The molecule has 1 aromatic heterocycles. The van der Waals surface area contributed by atoms with Crippen molar-refractivity contribution in [3.8, 4) is 11.3 Å². The summed E-state index contributed by atoms with van der Waals surface area (Å²) in [6.07, 6.45) is 2.50. The Balaban J connectivity index is 1.77. The van der Waals surface area contributed by atoms with Crippen LogP contribution in [0.2, 0.25) is 5.02 Å². The van der Waals surface area contributed by atoms with Crippen molar-refractivity contribution < 1.29 is 14.6 Å². The molecule has 2 atom stereocenters. The lowest BCUT2D eigenvalue weighted by atomic mass is 9.73. The first-order valence-corrected chi connectivity index (χ1v) is 12.2. The topological polar surface area (TPSA) is 83.5 Å². The van der Waals surface area contributed by atoms with Crippen LogP contribution in [0.1, 0.15) is 36.8 Å². The van der Waals surface area contributed by atoms with E-state index in [-0.39, 0.29) is 5.92 Å². The van der Waals surface area contributed by atoms with Crippen LogP contribution in [-0.2, 0) is 10.3 Å². The number of hydrogen-bond acceptors (Lipinski definition) is 5. The average Bonchev–Trinajstić information content (AvgIpc) is 2.87. The van der Waals surface area contributed by atoms with Crippen molar-refractivity contribution in [2.45, 2.75) is 38.2 Å². The highest BCUT2D eigenvalue weighted by Gasteiger charge is 2.40. The highest BCUT2D eigenvalue weighted by molar-refractivity contribution is 6.33. The Morgan fingerprint density at radius 3 is 2.85 bits per heavy atom. The summed E-state index contributed by atoms with van der Waals surface area (Å²) in [6.45, 7) is 4.13. The number of aliphatic hydroxyl groups is 1. The van der Waals surface area contributed by atoms with E-state index in [4.69, 9.17) is 16.6 Å². The third kappa shape index (κ3) is 5.04. The van der Waals surface area contributed by atoms with E-state index < -0.39 is 11.7 Å². The number of alkyl carbamates (subject to hydrolysis) is 1. The number of fused-ring (bicyclic) bond motifs is 1. The lowest BCUT2D eigenvalue weighted by Gasteiger charge is -2.40. The molecule has 1 aliphatic heterocycles. The summed E-state index contributed by atoms with van der Waals surface area (Å²) in [6, 6.07) is 15.9. The molecule has 6 nitrogen and oxygen atoms in total. The molecule has 0 bridgehead atoms. The van der Waals surface area contributed by atoms with Crippen LogP contribution in [0, 0.1) is 12.8 Å². The fourth-order valence-electron chi connectivity index (χ4n) is 5.02. The second-order valence-electron chi connectivity index (χ2n) is 8.99. The van der Waals surface area contributed by atoms with Gasteiger partial charge in [0.05, 0.1) is 28.9 Å². The molecule has 1 amide bonds. The number of aromatic nitrogens is 1. The molecule has 2 aromatic carbocycles. The zero-order valence-electron chi connectivity index (χ0n) is 19.7. The number of halogens is 1. The number of nitrogens with one attached hydrogen (secondary N) is 2. The molecule has 0 radical (unpaired) electrons. The van der Waals surface area contributed by atoms with Gasteiger partial charge in [-0.1, -0.05) is 48.0 Å². The summed E-state index contributed by atoms with van der Waals surface area (Å²) >= 11 is 6.78. The first-order chi connectivity index (χ1) is 16.4. The van der Waals surface area contributed by atoms with Crippen LogP contribution in [0.4, 0.5) is 4.79 Å². The molecular weight excluding hydrogens is 450 g/mol. The zero-order chi connectivity index (χ0) is 24.1. The van der Waals surface area contributed by atoms with Crippen molar-refractivity contribution in [3.63, 3.8) is 0 Å². The van der Waals surface area contributed by atoms with E-state index >= 15 is 0 Å². The molecule has 0 aliphatic carbocycles. The zero-order valence-corrected chi connectivity index (χ0v) is 20.5. The Morgan fingerprint density at radius 2 is 2.09 bits per heavy atom. The van der Waals surface area contributed by atoms with E-state index in [1.54, 1.807) is 0 Å². The Bertz CT molecular complexity index is 1160. The number of aryl methyl sites for hydroxylation is 1. The van der Waals surface area contributed by atoms with Crippen LogP contribution >= 0.6 is 11.6 Å². The van der Waals surface area contributed by atoms with Gasteiger partial charge in [-0.15, -0.1) is 0 Å². The minimum absolute atomic E-state index is 0.0128. The summed E-state index contributed by atoms with van der Waals surface area (Å²) in [4.78, 5) is 16.5. The van der Waals surface area contributed by atoms with Crippen LogP contribution in [0.5, 0.6) is 0 Å². The molecule has 3 N–H and O–H groups in total. The van der Waals surface area contributed by atoms with Crippen LogP contribution in [0.3, 0.4) is 0 Å². The second-order valence-corrected chi connectivity index (χ2v) is 9.40. The first-order valence-electron chi connectivity index (χ1n) is 11.8. The van der Waals surface area contributed by atoms with Gasteiger partial charge in [-0.2, -0.15) is 0 Å². The standard InChI is InChI=1S/C27H32ClN3O3/c1-18-7-3-8-19-12-13-23(31-25(18)19)24-21(10-4-11-22(24)28)27(33,20-9-5-15-29-17-20)14-6-16-30-26(32)34-2/h3-4,7-8,10-13,20,29,33H,5-6,9,14-17H2,1-2H3,(H,30,32). The number of benzene rings is 2. The fraction of sp³-hybridized carbons (Fsp3) is 0.407. The summed E-state index contributed by atoms with van der Waals surface area (Å²) in [5, 5.41) is 20.1. The van der Waals surface area contributed by atoms with Crippen molar-refractivity contribution in [1.29, 1.82) is 0 Å². The average molecular weight is 482 g/mol. The molecule has 3 aromatic rings. The van der Waals surface area contributed by atoms with Gasteiger partial charge >= 0.3 is 6.09 Å². The summed E-state index contributed by atoms with van der Waals surface area (Å²) in [7, 11) is 1.34. The van der Waals surface area contributed by atoms with E-state index in [1.165, 1.54) is 7.11 Å². The van der Waals surface area contributed by atoms with Crippen LogP contribution < -0.4 is 10.6 Å². The molecule has 34 heavy (non-hydrogen) atoms. The number of hydrogen-bond donors (Lipinski definition) is 3. The van der Waals surface area contributed by atoms with Crippen LogP contribution in [0.15, 0.2) is 48.5 Å². The highest BCUT2D eigenvalue weighted by Crippen LogP contribution is 2.44. The Kier molecular flexibility index (Phi) is 7.71. The quantitative estimate of drug-likeness (QED) is 0.404. The molecule has 7 heteroatoms. The number of piperidine rings is 1. The number of amides is 1. The smallest absolute Gasteiger partial charge is 0.406 e. The number of carbonyl (C=O) groups is 1. The molecule has 4 rings (SSSR count). The number of methoxy groups -OCH3 is 1. The maximum atomic E-state index is 12.3. The maximum Gasteiger partial charge on any atom is 0.406 e. The van der Waals surface area contributed by atoms with Gasteiger partial charge in [0.25, 0.3) is 0 Å². The van der Waals surface area contributed by atoms with Gasteiger partial charge in [0.1, 0.15) is 0 Å². The Morgan fingerprint density at radius 1 is 1.26 bits per heavy atom. The maximum absolute atomic E-state index is 12.3. The van der Waals surface area contributed by atoms with E-state index in [0.29, 0.717) is 24.4 Å². The molecular formula is C27H32ClN3O3. The monoisotopic (exact) mass is 481 g/mol. The highest BCUT2D eigenvalue weighted by atomic mass is 35.5. The number of para-hydroxylation sites is 1. The molecule has 180 valence electrons. The van der Waals surface area contributed by atoms with Gasteiger partial charge < -0.3 is 20.5 Å². The SMILES string of the molecule is COC(=O)NCCCC(O)(c1cccc(Cl)c1-c1ccc2cccc(C)c2n1)C1CCCNC1. The van der Waals surface area contributed by atoms with Gasteiger partial charge in [-0.25, -0.2) is 9.78 Å². The van der Waals surface area contributed by atoms with Crippen LogP contribution in [0.25, 0.3) is 22.2 Å². The van der Waals surface area contributed by atoms with Crippen LogP contribution in [-0.4, -0.2) is 42.9 Å². The molecule has 1 aliphatic rings. The molecule has 0 spiro atoms. The largest absolute Gasteiger partial charge is 0.453 e. The molecule has 1 fully saturated rings.